The Morgan fingerprint density at radius 3 is 0.864 bits per heavy atom. The Labute approximate surface area is 341 Å². The molecule has 8 rings (SSSR count). The second-order valence-electron chi connectivity index (χ2n) is 13.1. The summed E-state index contributed by atoms with van der Waals surface area (Å²) in [7, 11) is 0. The highest BCUT2D eigenvalue weighted by Gasteiger charge is 2.14. The van der Waals surface area contributed by atoms with Crippen molar-refractivity contribution in [2.45, 2.75) is 0 Å². The van der Waals surface area contributed by atoms with E-state index in [4.69, 9.17) is 46.6 Å². The molecule has 8 aromatic carbocycles. The summed E-state index contributed by atoms with van der Waals surface area (Å²) in [5.74, 6) is 6.44. The van der Waals surface area contributed by atoms with E-state index in [0.29, 0.717) is 68.4 Å². The zero-order valence-corrected chi connectivity index (χ0v) is 31.7. The smallest absolute Gasteiger partial charge is 0.193 e. The lowest BCUT2D eigenvalue weighted by atomic mass is 10.0. The van der Waals surface area contributed by atoms with Crippen LogP contribution in [0.5, 0.6) is 57.5 Å². The van der Waals surface area contributed by atoms with Gasteiger partial charge in [-0.05, 0) is 158 Å². The molecule has 0 aliphatic heterocycles. The van der Waals surface area contributed by atoms with Crippen molar-refractivity contribution in [3.63, 3.8) is 0 Å². The predicted octanol–water partition coefficient (Wildman–Crippen LogP) is 11.9. The molecule has 0 atom stereocenters. The molecular weight excluding hydrogens is 741 g/mol. The van der Waals surface area contributed by atoms with E-state index in [2.05, 4.69) is 0 Å². The Kier molecular flexibility index (Phi) is 12.2. The van der Waals surface area contributed by atoms with Crippen LogP contribution in [0.25, 0.3) is 0 Å². The summed E-state index contributed by atoms with van der Waals surface area (Å²) in [6.45, 7) is 0. The van der Waals surface area contributed by atoms with Crippen LogP contribution in [0.1, 0.15) is 15.9 Å². The zero-order valence-electron chi connectivity index (χ0n) is 31.7. The highest BCUT2D eigenvalue weighted by Crippen LogP contribution is 2.33. The van der Waals surface area contributed by atoms with Crippen LogP contribution in [0.3, 0.4) is 0 Å². The number of rotatable bonds is 12. The number of nitrogen functional groups attached to an aromatic ring is 4. The maximum absolute atomic E-state index is 12.9. The van der Waals surface area contributed by atoms with Gasteiger partial charge in [0.2, 0.25) is 0 Å². The quantitative estimate of drug-likeness (QED) is 0.0692. The van der Waals surface area contributed by atoms with Gasteiger partial charge >= 0.3 is 0 Å². The van der Waals surface area contributed by atoms with Crippen LogP contribution in [-0.4, -0.2) is 5.78 Å². The maximum Gasteiger partial charge on any atom is 0.193 e. The van der Waals surface area contributed by atoms with Crippen LogP contribution >= 0.6 is 0 Å². The molecule has 0 amide bonds. The topological polar surface area (TPSA) is 167 Å². The molecule has 0 heterocycles. The van der Waals surface area contributed by atoms with E-state index < -0.39 is 0 Å². The van der Waals surface area contributed by atoms with Crippen molar-refractivity contribution in [1.29, 1.82) is 0 Å². The first-order chi connectivity index (χ1) is 28.7. The normalized spacial score (nSPS) is 10.4. The number of carbonyl (C=O) groups excluding carboxylic acids is 1. The Morgan fingerprint density at radius 1 is 0.305 bits per heavy atom. The van der Waals surface area contributed by atoms with Crippen molar-refractivity contribution in [2.75, 3.05) is 22.9 Å². The average molecular weight is 781 g/mol. The van der Waals surface area contributed by atoms with Gasteiger partial charge < -0.3 is 46.6 Å². The summed E-state index contributed by atoms with van der Waals surface area (Å²) in [6, 6.07) is 57.9. The van der Waals surface area contributed by atoms with E-state index in [1.807, 2.05) is 133 Å². The lowest BCUT2D eigenvalue weighted by molar-refractivity contribution is 0.103. The molecule has 0 aliphatic rings. The second kappa shape index (κ2) is 18.5. The maximum atomic E-state index is 12.9. The van der Waals surface area contributed by atoms with E-state index in [0.717, 1.165) is 23.0 Å². The first kappa shape index (κ1) is 38.9. The van der Waals surface area contributed by atoms with E-state index >= 15 is 0 Å². The van der Waals surface area contributed by atoms with Gasteiger partial charge in [0.1, 0.15) is 57.5 Å². The summed E-state index contributed by atoms with van der Waals surface area (Å²) in [6.07, 6.45) is 0. The molecule has 0 radical (unpaired) electrons. The number of hydrogen-bond donors (Lipinski definition) is 4. The highest BCUT2D eigenvalue weighted by molar-refractivity contribution is 6.10. The fraction of sp³-hybridized carbons (Fsp3) is 0. The molecule has 0 spiro atoms. The number of benzene rings is 8. The standard InChI is InChI=1S/C25H20N2O3.C24H20N2O3/c26-21-15-17(11-13-23(21)29-19-7-3-1-4-8-19)25(28)18-12-14-24(22(27)16-18)30-20-9-5-2-6-10-20;25-17-1-5-19(6-2-17)27-21-9-13-23(14-10-21)29-24-15-11-22(12-16-24)28-20-7-3-18(26)4-8-20/h1-16H,26-27H2;1-16H,25-26H2. The molecule has 0 unspecified atom stereocenters. The first-order valence-corrected chi connectivity index (χ1v) is 18.5. The second-order valence-corrected chi connectivity index (χ2v) is 13.1. The molecule has 0 aliphatic carbocycles. The van der Waals surface area contributed by atoms with Gasteiger partial charge in [-0.1, -0.05) is 36.4 Å². The van der Waals surface area contributed by atoms with Gasteiger partial charge in [-0.25, -0.2) is 0 Å². The molecular formula is C49H40N4O6. The molecule has 0 saturated carbocycles. The number of hydrogen-bond acceptors (Lipinski definition) is 10. The van der Waals surface area contributed by atoms with Gasteiger partial charge in [-0.15, -0.1) is 0 Å². The Morgan fingerprint density at radius 2 is 0.576 bits per heavy atom. The van der Waals surface area contributed by atoms with Crippen molar-refractivity contribution in [3.05, 3.63) is 205 Å². The van der Waals surface area contributed by atoms with Crippen molar-refractivity contribution >= 4 is 28.5 Å². The van der Waals surface area contributed by atoms with E-state index in [-0.39, 0.29) is 5.78 Å². The highest BCUT2D eigenvalue weighted by atomic mass is 16.5. The van der Waals surface area contributed by atoms with Crippen LogP contribution < -0.4 is 46.6 Å². The third-order valence-corrected chi connectivity index (χ3v) is 8.60. The van der Waals surface area contributed by atoms with E-state index in [9.17, 15) is 4.79 Å². The lowest BCUT2D eigenvalue weighted by Gasteiger charge is -2.11. The molecule has 10 nitrogen and oxygen atoms in total. The molecule has 8 aromatic rings. The molecule has 0 bridgehead atoms. The van der Waals surface area contributed by atoms with E-state index in [1.165, 1.54) is 0 Å². The Bertz CT molecular complexity index is 2420. The zero-order chi connectivity index (χ0) is 41.0. The van der Waals surface area contributed by atoms with Crippen LogP contribution in [0.4, 0.5) is 22.7 Å². The molecule has 292 valence electrons. The number of para-hydroxylation sites is 2. The van der Waals surface area contributed by atoms with Gasteiger partial charge in [0.25, 0.3) is 0 Å². The SMILES string of the molecule is Nc1cc(C(=O)c2ccc(Oc3ccccc3)c(N)c2)ccc1Oc1ccccc1.Nc1ccc(Oc2ccc(Oc3ccc(Oc4ccc(N)cc4)cc3)cc2)cc1. The van der Waals surface area contributed by atoms with Gasteiger partial charge in [0.15, 0.2) is 5.78 Å². The van der Waals surface area contributed by atoms with E-state index in [1.54, 1.807) is 60.7 Å². The largest absolute Gasteiger partial charge is 0.457 e. The number of anilines is 4. The molecule has 8 N–H and O–H groups in total. The van der Waals surface area contributed by atoms with Gasteiger partial charge in [-0.3, -0.25) is 4.79 Å². The van der Waals surface area contributed by atoms with Crippen molar-refractivity contribution < 1.29 is 28.5 Å². The van der Waals surface area contributed by atoms with Crippen LogP contribution in [-0.2, 0) is 0 Å². The predicted molar refractivity (Wildman–Crippen MR) is 233 cm³/mol. The first-order valence-electron chi connectivity index (χ1n) is 18.5. The number of ketones is 1. The van der Waals surface area contributed by atoms with Gasteiger partial charge in [0.05, 0.1) is 11.4 Å². The fourth-order valence-electron chi connectivity index (χ4n) is 5.59. The minimum Gasteiger partial charge on any atom is -0.457 e. The van der Waals surface area contributed by atoms with Gasteiger partial charge in [0, 0.05) is 22.5 Å². The summed E-state index contributed by atoms with van der Waals surface area (Å²) >= 11 is 0. The molecule has 59 heavy (non-hydrogen) atoms. The fourth-order valence-corrected chi connectivity index (χ4v) is 5.59. The van der Waals surface area contributed by atoms with Crippen LogP contribution in [0.2, 0.25) is 0 Å². The van der Waals surface area contributed by atoms with Crippen molar-refractivity contribution in [1.82, 2.24) is 0 Å². The summed E-state index contributed by atoms with van der Waals surface area (Å²) < 4.78 is 29.0. The van der Waals surface area contributed by atoms with Crippen molar-refractivity contribution in [2.24, 2.45) is 0 Å². The minimum absolute atomic E-state index is 0.189. The van der Waals surface area contributed by atoms with Crippen molar-refractivity contribution in [3.8, 4) is 57.5 Å². The van der Waals surface area contributed by atoms with Gasteiger partial charge in [-0.2, -0.15) is 0 Å². The summed E-state index contributed by atoms with van der Waals surface area (Å²) in [5.41, 5.74) is 26.6. The average Bonchev–Trinajstić information content (AvgIpc) is 3.26. The lowest BCUT2D eigenvalue weighted by Crippen LogP contribution is -2.04. The summed E-state index contributed by atoms with van der Waals surface area (Å²) in [5, 5.41) is 0. The molecule has 0 saturated heterocycles. The Hall–Kier alpha value is -8.37. The van der Waals surface area contributed by atoms with Crippen LogP contribution in [0.15, 0.2) is 194 Å². The monoisotopic (exact) mass is 780 g/mol. The molecule has 10 heteroatoms. The number of nitrogens with two attached hydrogens (primary N) is 4. The third kappa shape index (κ3) is 10.9. The molecule has 0 fully saturated rings. The number of carbonyl (C=O) groups is 1. The van der Waals surface area contributed by atoms with Crippen LogP contribution in [0, 0.1) is 0 Å². The Balaban J connectivity index is 0.000000179. The summed E-state index contributed by atoms with van der Waals surface area (Å²) in [4.78, 5) is 12.9. The molecule has 0 aromatic heterocycles. The minimum atomic E-state index is -0.189. The third-order valence-electron chi connectivity index (χ3n) is 8.60. The number of ether oxygens (including phenoxy) is 5.